The molecule has 0 atom stereocenters. The second-order valence-electron chi connectivity index (χ2n) is 7.04. The Labute approximate surface area is 185 Å². The molecular weight excluding hydrogens is 422 g/mol. The Morgan fingerprint density at radius 1 is 1.03 bits per heavy atom. The minimum absolute atomic E-state index is 0.446. The fraction of sp³-hybridized carbons (Fsp3) is 0.364. The summed E-state index contributed by atoms with van der Waals surface area (Å²) in [6.45, 7) is 6.33. The highest BCUT2D eigenvalue weighted by molar-refractivity contribution is 7.94. The summed E-state index contributed by atoms with van der Waals surface area (Å²) < 4.78 is 34.6. The molecule has 0 bridgehead atoms. The molecule has 0 spiro atoms. The molecule has 0 aromatic heterocycles. The predicted molar refractivity (Wildman–Crippen MR) is 126 cm³/mol. The molecule has 0 fully saturated rings. The van der Waals surface area contributed by atoms with E-state index in [0.717, 1.165) is 38.1 Å². The quantitative estimate of drug-likeness (QED) is 0.351. The standard InChI is InChI=1S/C22H30ClN3O3S/c1-4-16-25(2)17-6-5-7-18-29-22-14-12-21(13-15-22)26(3)30(27,28)24-20-10-8-19(23)9-11-20/h4,8-15,24H,1,5-7,16-18H2,2-3H3. The molecule has 6 nitrogen and oxygen atoms in total. The first-order chi connectivity index (χ1) is 14.3. The van der Waals surface area contributed by atoms with E-state index in [1.807, 2.05) is 6.08 Å². The molecule has 0 saturated heterocycles. The van der Waals surface area contributed by atoms with Gasteiger partial charge in [-0.05, 0) is 81.4 Å². The number of unbranched alkanes of at least 4 members (excludes halogenated alkanes) is 2. The van der Waals surface area contributed by atoms with Crippen LogP contribution in [-0.4, -0.2) is 47.1 Å². The summed E-state index contributed by atoms with van der Waals surface area (Å²) in [4.78, 5) is 2.24. The van der Waals surface area contributed by atoms with E-state index in [-0.39, 0.29) is 0 Å². The molecule has 0 saturated carbocycles. The average molecular weight is 452 g/mol. The van der Waals surface area contributed by atoms with Crippen LogP contribution in [0.2, 0.25) is 5.02 Å². The fourth-order valence-electron chi connectivity index (χ4n) is 2.79. The van der Waals surface area contributed by atoms with Gasteiger partial charge in [-0.1, -0.05) is 17.7 Å². The third-order valence-electron chi connectivity index (χ3n) is 4.55. The van der Waals surface area contributed by atoms with Crippen LogP contribution in [-0.2, 0) is 10.2 Å². The highest BCUT2D eigenvalue weighted by atomic mass is 35.5. The predicted octanol–water partition coefficient (Wildman–Crippen LogP) is 4.80. The molecule has 0 unspecified atom stereocenters. The van der Waals surface area contributed by atoms with Gasteiger partial charge in [-0.25, -0.2) is 0 Å². The van der Waals surface area contributed by atoms with Crippen LogP contribution in [0.4, 0.5) is 11.4 Å². The Kier molecular flexibility index (Phi) is 9.49. The van der Waals surface area contributed by atoms with E-state index in [1.165, 1.54) is 11.4 Å². The smallest absolute Gasteiger partial charge is 0.323 e. The van der Waals surface area contributed by atoms with Gasteiger partial charge < -0.3 is 9.64 Å². The molecule has 0 aliphatic rings. The van der Waals surface area contributed by atoms with Crippen molar-refractivity contribution in [2.24, 2.45) is 0 Å². The van der Waals surface area contributed by atoms with E-state index in [4.69, 9.17) is 16.3 Å². The maximum absolute atomic E-state index is 12.6. The summed E-state index contributed by atoms with van der Waals surface area (Å²) in [5.74, 6) is 0.721. The van der Waals surface area contributed by atoms with Gasteiger partial charge in [-0.2, -0.15) is 8.42 Å². The molecule has 0 aliphatic heterocycles. The number of rotatable bonds is 13. The van der Waals surface area contributed by atoms with Crippen molar-refractivity contribution >= 4 is 33.2 Å². The second kappa shape index (κ2) is 11.8. The first kappa shape index (κ1) is 24.1. The number of anilines is 2. The van der Waals surface area contributed by atoms with Crippen molar-refractivity contribution in [2.75, 3.05) is 42.8 Å². The Morgan fingerprint density at radius 2 is 1.70 bits per heavy atom. The summed E-state index contributed by atoms with van der Waals surface area (Å²) in [6.07, 6.45) is 5.10. The van der Waals surface area contributed by atoms with Gasteiger partial charge in [-0.3, -0.25) is 9.03 Å². The highest BCUT2D eigenvalue weighted by Gasteiger charge is 2.18. The fourth-order valence-corrected chi connectivity index (χ4v) is 3.88. The van der Waals surface area contributed by atoms with E-state index in [2.05, 4.69) is 23.2 Å². The third-order valence-corrected chi connectivity index (χ3v) is 6.22. The monoisotopic (exact) mass is 451 g/mol. The van der Waals surface area contributed by atoms with Crippen LogP contribution in [0.1, 0.15) is 19.3 Å². The summed E-state index contributed by atoms with van der Waals surface area (Å²) in [6, 6.07) is 13.5. The van der Waals surface area contributed by atoms with Gasteiger partial charge in [-0.15, -0.1) is 6.58 Å². The molecule has 8 heteroatoms. The zero-order chi connectivity index (χ0) is 22.0. The lowest BCUT2D eigenvalue weighted by atomic mass is 10.2. The Hall–Kier alpha value is -2.22. The number of hydrogen-bond donors (Lipinski definition) is 1. The van der Waals surface area contributed by atoms with Gasteiger partial charge in [0.25, 0.3) is 0 Å². The molecule has 0 aliphatic carbocycles. The molecule has 30 heavy (non-hydrogen) atoms. The van der Waals surface area contributed by atoms with Crippen LogP contribution >= 0.6 is 11.6 Å². The van der Waals surface area contributed by atoms with Crippen LogP contribution in [0.15, 0.2) is 61.2 Å². The number of nitrogens with zero attached hydrogens (tertiary/aromatic N) is 2. The lowest BCUT2D eigenvalue weighted by Gasteiger charge is -2.20. The molecule has 0 heterocycles. The third kappa shape index (κ3) is 7.89. The van der Waals surface area contributed by atoms with Crippen LogP contribution in [0.25, 0.3) is 0 Å². The van der Waals surface area contributed by atoms with Gasteiger partial charge in [0.1, 0.15) is 5.75 Å². The lowest BCUT2D eigenvalue weighted by Crippen LogP contribution is -2.32. The molecule has 2 aromatic carbocycles. The number of nitrogens with one attached hydrogen (secondary N) is 1. The SMILES string of the molecule is C=CCN(C)CCCCCOc1ccc(N(C)S(=O)(=O)Nc2ccc(Cl)cc2)cc1. The van der Waals surface area contributed by atoms with E-state index >= 15 is 0 Å². The summed E-state index contributed by atoms with van der Waals surface area (Å²) in [5.41, 5.74) is 0.982. The van der Waals surface area contributed by atoms with Gasteiger partial charge in [0.15, 0.2) is 0 Å². The topological polar surface area (TPSA) is 61.9 Å². The minimum Gasteiger partial charge on any atom is -0.494 e. The summed E-state index contributed by atoms with van der Waals surface area (Å²) >= 11 is 5.84. The normalized spacial score (nSPS) is 11.3. The molecule has 2 rings (SSSR count). The molecule has 2 aromatic rings. The summed E-state index contributed by atoms with van der Waals surface area (Å²) in [7, 11) is -0.159. The van der Waals surface area contributed by atoms with Crippen molar-refractivity contribution in [2.45, 2.75) is 19.3 Å². The van der Waals surface area contributed by atoms with Crippen molar-refractivity contribution < 1.29 is 13.2 Å². The van der Waals surface area contributed by atoms with Crippen molar-refractivity contribution in [3.8, 4) is 5.75 Å². The Morgan fingerprint density at radius 3 is 2.33 bits per heavy atom. The Balaban J connectivity index is 1.80. The van der Waals surface area contributed by atoms with Crippen molar-refractivity contribution in [3.63, 3.8) is 0 Å². The van der Waals surface area contributed by atoms with E-state index < -0.39 is 10.2 Å². The number of benzene rings is 2. The zero-order valence-corrected chi connectivity index (χ0v) is 19.1. The molecule has 164 valence electrons. The largest absolute Gasteiger partial charge is 0.494 e. The van der Waals surface area contributed by atoms with Crippen molar-refractivity contribution in [1.29, 1.82) is 0 Å². The van der Waals surface area contributed by atoms with E-state index in [0.29, 0.717) is 23.0 Å². The lowest BCUT2D eigenvalue weighted by molar-refractivity contribution is 0.296. The van der Waals surface area contributed by atoms with Gasteiger partial charge in [0.2, 0.25) is 0 Å². The zero-order valence-electron chi connectivity index (χ0n) is 17.6. The van der Waals surface area contributed by atoms with Gasteiger partial charge >= 0.3 is 10.2 Å². The first-order valence-electron chi connectivity index (χ1n) is 9.86. The number of hydrogen-bond acceptors (Lipinski definition) is 4. The average Bonchev–Trinajstić information content (AvgIpc) is 2.72. The molecular formula is C22H30ClN3O3S. The number of halogens is 1. The first-order valence-corrected chi connectivity index (χ1v) is 11.7. The van der Waals surface area contributed by atoms with Crippen LogP contribution in [0, 0.1) is 0 Å². The number of ether oxygens (including phenoxy) is 1. The van der Waals surface area contributed by atoms with Crippen molar-refractivity contribution in [1.82, 2.24) is 4.90 Å². The highest BCUT2D eigenvalue weighted by Crippen LogP contribution is 2.22. The van der Waals surface area contributed by atoms with Crippen molar-refractivity contribution in [3.05, 3.63) is 66.2 Å². The molecule has 1 N–H and O–H groups in total. The van der Waals surface area contributed by atoms with Crippen LogP contribution in [0.5, 0.6) is 5.75 Å². The van der Waals surface area contributed by atoms with Crippen LogP contribution in [0.3, 0.4) is 0 Å². The molecule has 0 amide bonds. The maximum Gasteiger partial charge on any atom is 0.323 e. The minimum atomic E-state index is -3.74. The second-order valence-corrected chi connectivity index (χ2v) is 9.17. The van der Waals surface area contributed by atoms with Gasteiger partial charge in [0.05, 0.1) is 18.0 Å². The number of likely N-dealkylation sites (N-methyl/N-ethyl adjacent to an activating group) is 1. The van der Waals surface area contributed by atoms with E-state index in [1.54, 1.807) is 48.5 Å². The van der Waals surface area contributed by atoms with E-state index in [9.17, 15) is 8.42 Å². The maximum atomic E-state index is 12.6. The van der Waals surface area contributed by atoms with Gasteiger partial charge in [0, 0.05) is 18.6 Å². The molecule has 0 radical (unpaired) electrons. The summed E-state index contributed by atoms with van der Waals surface area (Å²) in [5, 5.41) is 0.543. The Bertz CT molecular complexity index is 887. The van der Waals surface area contributed by atoms with Crippen LogP contribution < -0.4 is 13.8 Å².